The lowest BCUT2D eigenvalue weighted by Crippen LogP contribution is -1.73. The Labute approximate surface area is 72.7 Å². The maximum Gasteiger partial charge on any atom is 0.165 e. The summed E-state index contributed by atoms with van der Waals surface area (Å²) >= 11 is 1.22. The van der Waals surface area contributed by atoms with Gasteiger partial charge in [0.2, 0.25) is 0 Å². The van der Waals surface area contributed by atoms with E-state index in [4.69, 9.17) is 5.26 Å². The molecule has 0 aliphatic carbocycles. The molecule has 0 saturated carbocycles. The molecule has 0 bridgehead atoms. The van der Waals surface area contributed by atoms with E-state index in [1.165, 1.54) is 11.5 Å². The molecular weight excluding hydrogens is 172 g/mol. The van der Waals surface area contributed by atoms with Crippen molar-refractivity contribution in [1.29, 1.82) is 5.26 Å². The van der Waals surface area contributed by atoms with Gasteiger partial charge in [-0.25, -0.2) is 0 Å². The van der Waals surface area contributed by atoms with Gasteiger partial charge in [0, 0.05) is 0 Å². The van der Waals surface area contributed by atoms with Gasteiger partial charge in [0.1, 0.15) is 11.8 Å². The van der Waals surface area contributed by atoms with Gasteiger partial charge in [0.25, 0.3) is 0 Å². The molecule has 0 saturated heterocycles. The van der Waals surface area contributed by atoms with Crippen LogP contribution in [0.1, 0.15) is 5.69 Å². The molecule has 0 radical (unpaired) electrons. The molecule has 0 aliphatic heterocycles. The molecule has 1 aromatic heterocycles. The SMILES string of the molecule is N#Cc1nsc2cccc(O)c12. The Balaban J connectivity index is 2.95. The minimum Gasteiger partial charge on any atom is -0.507 e. The van der Waals surface area contributed by atoms with Gasteiger partial charge in [-0.15, -0.1) is 0 Å². The molecule has 0 fully saturated rings. The van der Waals surface area contributed by atoms with Crippen molar-refractivity contribution < 1.29 is 5.11 Å². The number of phenols is 1. The molecular formula is C8H4N2OS. The van der Waals surface area contributed by atoms with E-state index in [1.54, 1.807) is 12.1 Å². The highest BCUT2D eigenvalue weighted by atomic mass is 32.1. The fourth-order valence-corrected chi connectivity index (χ4v) is 1.80. The number of rotatable bonds is 0. The van der Waals surface area contributed by atoms with Crippen molar-refractivity contribution in [1.82, 2.24) is 4.37 Å². The van der Waals surface area contributed by atoms with E-state index in [-0.39, 0.29) is 5.75 Å². The van der Waals surface area contributed by atoms with Gasteiger partial charge in [0.15, 0.2) is 5.69 Å². The Morgan fingerprint density at radius 3 is 3.08 bits per heavy atom. The highest BCUT2D eigenvalue weighted by Crippen LogP contribution is 2.29. The third-order valence-electron chi connectivity index (χ3n) is 1.58. The van der Waals surface area contributed by atoms with E-state index >= 15 is 0 Å². The van der Waals surface area contributed by atoms with Crippen LogP contribution in [0.15, 0.2) is 18.2 Å². The summed E-state index contributed by atoms with van der Waals surface area (Å²) < 4.78 is 4.73. The first-order valence-corrected chi connectivity index (χ1v) is 4.07. The maximum absolute atomic E-state index is 9.39. The fourth-order valence-electron chi connectivity index (χ4n) is 1.05. The number of phenolic OH excluding ortho intramolecular Hbond substituents is 1. The molecule has 0 unspecified atom stereocenters. The number of fused-ring (bicyclic) bond motifs is 1. The van der Waals surface area contributed by atoms with Crippen LogP contribution in [0.25, 0.3) is 10.1 Å². The summed E-state index contributed by atoms with van der Waals surface area (Å²) in [5.74, 6) is 0.123. The van der Waals surface area contributed by atoms with Crippen LogP contribution in [0, 0.1) is 11.3 Å². The van der Waals surface area contributed by atoms with E-state index in [2.05, 4.69) is 4.37 Å². The first kappa shape index (κ1) is 7.07. The summed E-state index contributed by atoms with van der Waals surface area (Å²) in [5, 5.41) is 18.6. The maximum atomic E-state index is 9.39. The largest absolute Gasteiger partial charge is 0.507 e. The van der Waals surface area contributed by atoms with Crippen LogP contribution in [0.4, 0.5) is 0 Å². The Morgan fingerprint density at radius 1 is 1.50 bits per heavy atom. The predicted molar refractivity (Wildman–Crippen MR) is 46.0 cm³/mol. The third kappa shape index (κ3) is 0.840. The van der Waals surface area contributed by atoms with E-state index in [9.17, 15) is 5.11 Å². The second kappa shape index (κ2) is 2.47. The Morgan fingerprint density at radius 2 is 2.33 bits per heavy atom. The molecule has 1 aromatic carbocycles. The highest BCUT2D eigenvalue weighted by Gasteiger charge is 2.08. The van der Waals surface area contributed by atoms with Crippen molar-refractivity contribution >= 4 is 21.6 Å². The zero-order valence-corrected chi connectivity index (χ0v) is 6.80. The zero-order chi connectivity index (χ0) is 8.55. The second-order valence-electron chi connectivity index (χ2n) is 2.29. The number of nitrogens with zero attached hydrogens (tertiary/aromatic N) is 2. The molecule has 2 aromatic rings. The molecule has 4 heteroatoms. The quantitative estimate of drug-likeness (QED) is 0.666. The van der Waals surface area contributed by atoms with Crippen LogP contribution in [0.5, 0.6) is 5.75 Å². The van der Waals surface area contributed by atoms with Gasteiger partial charge >= 0.3 is 0 Å². The fraction of sp³-hybridized carbons (Fsp3) is 0. The normalized spacial score (nSPS) is 9.92. The average Bonchev–Trinajstić information content (AvgIpc) is 2.49. The van der Waals surface area contributed by atoms with E-state index in [0.717, 1.165) is 4.70 Å². The molecule has 0 atom stereocenters. The van der Waals surface area contributed by atoms with Gasteiger partial charge in [-0.3, -0.25) is 0 Å². The van der Waals surface area contributed by atoms with Crippen molar-refractivity contribution in [3.05, 3.63) is 23.9 Å². The number of aromatic hydroxyl groups is 1. The third-order valence-corrected chi connectivity index (χ3v) is 2.39. The summed E-state index contributed by atoms with van der Waals surface area (Å²) in [6, 6.07) is 7.04. The first-order chi connectivity index (χ1) is 5.83. The van der Waals surface area contributed by atoms with Gasteiger partial charge in [-0.05, 0) is 23.7 Å². The van der Waals surface area contributed by atoms with Crippen molar-refractivity contribution in [2.75, 3.05) is 0 Å². The number of hydrogen-bond donors (Lipinski definition) is 1. The Kier molecular flexibility index (Phi) is 1.45. The van der Waals surface area contributed by atoms with Gasteiger partial charge < -0.3 is 5.11 Å². The molecule has 0 aliphatic rings. The molecule has 0 spiro atoms. The van der Waals surface area contributed by atoms with Gasteiger partial charge in [-0.2, -0.15) is 9.64 Å². The average molecular weight is 176 g/mol. The minimum absolute atomic E-state index is 0.123. The van der Waals surface area contributed by atoms with Crippen LogP contribution in [0.2, 0.25) is 0 Å². The van der Waals surface area contributed by atoms with E-state index in [0.29, 0.717) is 11.1 Å². The molecule has 1 heterocycles. The molecule has 12 heavy (non-hydrogen) atoms. The lowest BCUT2D eigenvalue weighted by Gasteiger charge is -1.91. The Hall–Kier alpha value is -1.60. The lowest BCUT2D eigenvalue weighted by molar-refractivity contribution is 0.481. The molecule has 2 rings (SSSR count). The van der Waals surface area contributed by atoms with Crippen LogP contribution >= 0.6 is 11.5 Å². The highest BCUT2D eigenvalue weighted by molar-refractivity contribution is 7.13. The van der Waals surface area contributed by atoms with E-state index < -0.39 is 0 Å². The number of hydrogen-bond acceptors (Lipinski definition) is 4. The summed E-state index contributed by atoms with van der Waals surface area (Å²) in [5.41, 5.74) is 0.299. The first-order valence-electron chi connectivity index (χ1n) is 3.30. The van der Waals surface area contributed by atoms with Crippen molar-refractivity contribution in [2.24, 2.45) is 0 Å². The zero-order valence-electron chi connectivity index (χ0n) is 5.98. The van der Waals surface area contributed by atoms with Crippen molar-refractivity contribution in [3.63, 3.8) is 0 Å². The molecule has 58 valence electrons. The summed E-state index contributed by atoms with van der Waals surface area (Å²) in [6.45, 7) is 0. The van der Waals surface area contributed by atoms with Crippen molar-refractivity contribution in [2.45, 2.75) is 0 Å². The number of benzene rings is 1. The summed E-state index contributed by atoms with van der Waals surface area (Å²) in [4.78, 5) is 0. The summed E-state index contributed by atoms with van der Waals surface area (Å²) in [7, 11) is 0. The van der Waals surface area contributed by atoms with Gasteiger partial charge in [-0.1, -0.05) is 6.07 Å². The predicted octanol–water partition coefficient (Wildman–Crippen LogP) is 1.87. The number of nitriles is 1. The second-order valence-corrected chi connectivity index (χ2v) is 3.10. The van der Waals surface area contributed by atoms with Crippen LogP contribution in [-0.4, -0.2) is 9.48 Å². The van der Waals surface area contributed by atoms with Gasteiger partial charge in [0.05, 0.1) is 10.1 Å². The monoisotopic (exact) mass is 176 g/mol. The summed E-state index contributed by atoms with van der Waals surface area (Å²) in [6.07, 6.45) is 0. The smallest absolute Gasteiger partial charge is 0.165 e. The molecule has 1 N–H and O–H groups in total. The molecule has 0 amide bonds. The topological polar surface area (TPSA) is 56.9 Å². The number of aromatic nitrogens is 1. The lowest BCUT2D eigenvalue weighted by atomic mass is 10.2. The Bertz CT molecular complexity index is 469. The van der Waals surface area contributed by atoms with Crippen LogP contribution in [0.3, 0.4) is 0 Å². The standard InChI is InChI=1S/C8H4N2OS/c9-4-5-8-6(11)2-1-3-7(8)12-10-5/h1-3,11H. The van der Waals surface area contributed by atoms with E-state index in [1.807, 2.05) is 12.1 Å². The van der Waals surface area contributed by atoms with Crippen LogP contribution < -0.4 is 0 Å². The molecule has 3 nitrogen and oxygen atoms in total. The minimum atomic E-state index is 0.123. The van der Waals surface area contributed by atoms with Crippen molar-refractivity contribution in [3.8, 4) is 11.8 Å². The van der Waals surface area contributed by atoms with Crippen LogP contribution in [-0.2, 0) is 0 Å².